The molecule has 0 spiro atoms. The van der Waals surface area contributed by atoms with Gasteiger partial charge in [-0.3, -0.25) is 10.1 Å². The Bertz CT molecular complexity index is 915. The quantitative estimate of drug-likeness (QED) is 0.417. The summed E-state index contributed by atoms with van der Waals surface area (Å²) in [7, 11) is 3.38. The zero-order chi connectivity index (χ0) is 19.9. The first-order valence-electron chi connectivity index (χ1n) is 9.03. The summed E-state index contributed by atoms with van der Waals surface area (Å²) < 4.78 is 5.17. The number of ether oxygens (including phenoxy) is 1. The highest BCUT2D eigenvalue weighted by molar-refractivity contribution is 7.09. The second kappa shape index (κ2) is 9.32. The number of aromatic amines is 1. The molecular formula is C19H25N7OS. The van der Waals surface area contributed by atoms with Crippen molar-refractivity contribution in [2.75, 3.05) is 14.2 Å². The first kappa shape index (κ1) is 19.8. The number of guanidine groups is 1. The summed E-state index contributed by atoms with van der Waals surface area (Å²) in [5.74, 6) is 3.30. The van der Waals surface area contributed by atoms with Crippen molar-refractivity contribution in [2.24, 2.45) is 4.99 Å². The average Bonchev–Trinajstić information content (AvgIpc) is 3.38. The molecule has 0 radical (unpaired) electrons. The number of nitrogens with one attached hydrogen (secondary N) is 3. The van der Waals surface area contributed by atoms with Crippen molar-refractivity contribution in [1.29, 1.82) is 0 Å². The van der Waals surface area contributed by atoms with Crippen molar-refractivity contribution >= 4 is 17.3 Å². The molecule has 3 rings (SSSR count). The fraction of sp³-hybridized carbons (Fsp3) is 0.368. The van der Waals surface area contributed by atoms with E-state index in [0.717, 1.165) is 27.8 Å². The zero-order valence-corrected chi connectivity index (χ0v) is 17.3. The van der Waals surface area contributed by atoms with Crippen molar-refractivity contribution in [2.45, 2.75) is 32.9 Å². The van der Waals surface area contributed by atoms with E-state index < -0.39 is 0 Å². The van der Waals surface area contributed by atoms with Crippen molar-refractivity contribution in [3.63, 3.8) is 0 Å². The van der Waals surface area contributed by atoms with Gasteiger partial charge in [0.1, 0.15) is 16.6 Å². The van der Waals surface area contributed by atoms with Gasteiger partial charge in [0.15, 0.2) is 11.8 Å². The van der Waals surface area contributed by atoms with Crippen molar-refractivity contribution < 1.29 is 4.74 Å². The number of nitrogens with zero attached hydrogens (tertiary/aromatic N) is 4. The molecule has 2 heterocycles. The van der Waals surface area contributed by atoms with Crippen LogP contribution < -0.4 is 15.4 Å². The molecule has 8 nitrogen and oxygen atoms in total. The lowest BCUT2D eigenvalue weighted by atomic mass is 10.2. The minimum atomic E-state index is 0.439. The molecule has 0 bridgehead atoms. The molecule has 0 aliphatic rings. The van der Waals surface area contributed by atoms with Gasteiger partial charge in [-0.2, -0.15) is 5.10 Å². The van der Waals surface area contributed by atoms with Crippen LogP contribution in [-0.4, -0.2) is 40.3 Å². The normalized spacial score (nSPS) is 11.7. The molecule has 0 unspecified atom stereocenters. The summed E-state index contributed by atoms with van der Waals surface area (Å²) >= 11 is 1.65. The molecule has 28 heavy (non-hydrogen) atoms. The Morgan fingerprint density at radius 3 is 2.57 bits per heavy atom. The van der Waals surface area contributed by atoms with Gasteiger partial charge in [-0.1, -0.05) is 13.8 Å². The first-order chi connectivity index (χ1) is 13.6. The van der Waals surface area contributed by atoms with Gasteiger partial charge in [-0.25, -0.2) is 9.97 Å². The van der Waals surface area contributed by atoms with Crippen LogP contribution in [0.5, 0.6) is 5.75 Å². The second-order valence-electron chi connectivity index (χ2n) is 6.43. The third-order valence-electron chi connectivity index (χ3n) is 4.09. The fourth-order valence-electron chi connectivity index (χ4n) is 2.46. The third-order valence-corrected chi connectivity index (χ3v) is 4.96. The smallest absolute Gasteiger partial charge is 0.191 e. The van der Waals surface area contributed by atoms with Crippen LogP contribution in [0.15, 0.2) is 34.6 Å². The van der Waals surface area contributed by atoms with E-state index in [9.17, 15) is 0 Å². The Morgan fingerprint density at radius 2 is 1.93 bits per heavy atom. The van der Waals surface area contributed by atoms with Gasteiger partial charge >= 0.3 is 0 Å². The molecule has 0 fully saturated rings. The number of aliphatic imine (C=N–C) groups is 1. The Balaban J connectivity index is 1.52. The fourth-order valence-corrected chi connectivity index (χ4v) is 3.36. The Hall–Kier alpha value is -2.94. The molecule has 0 saturated carbocycles. The van der Waals surface area contributed by atoms with Crippen molar-refractivity contribution in [3.8, 4) is 17.1 Å². The lowest BCUT2D eigenvalue weighted by Crippen LogP contribution is -2.36. The molecule has 3 N–H and O–H groups in total. The van der Waals surface area contributed by atoms with E-state index in [0.29, 0.717) is 30.8 Å². The summed E-state index contributed by atoms with van der Waals surface area (Å²) in [6, 6.07) is 7.63. The number of hydrogen-bond donors (Lipinski definition) is 3. The summed E-state index contributed by atoms with van der Waals surface area (Å²) in [4.78, 5) is 13.4. The minimum absolute atomic E-state index is 0.439. The van der Waals surface area contributed by atoms with E-state index >= 15 is 0 Å². The van der Waals surface area contributed by atoms with Gasteiger partial charge in [0.05, 0.1) is 25.9 Å². The monoisotopic (exact) mass is 399 g/mol. The van der Waals surface area contributed by atoms with Gasteiger partial charge < -0.3 is 15.4 Å². The Kier molecular flexibility index (Phi) is 6.59. The highest BCUT2D eigenvalue weighted by Gasteiger charge is 2.09. The number of thiazole rings is 1. The molecule has 0 atom stereocenters. The van der Waals surface area contributed by atoms with Crippen molar-refractivity contribution in [3.05, 3.63) is 46.2 Å². The number of methoxy groups -OCH3 is 1. The lowest BCUT2D eigenvalue weighted by Gasteiger charge is -2.09. The predicted molar refractivity (Wildman–Crippen MR) is 112 cm³/mol. The van der Waals surface area contributed by atoms with Gasteiger partial charge in [0.25, 0.3) is 0 Å². The first-order valence-corrected chi connectivity index (χ1v) is 9.91. The molecule has 9 heteroatoms. The van der Waals surface area contributed by atoms with E-state index in [1.807, 2.05) is 24.3 Å². The SMILES string of the molecule is CN=C(NCc1nc(-c2ccc(OC)cc2)n[nH]1)NCc1nc(C(C)C)cs1. The van der Waals surface area contributed by atoms with E-state index in [4.69, 9.17) is 4.74 Å². The van der Waals surface area contributed by atoms with Crippen LogP contribution >= 0.6 is 11.3 Å². The number of benzene rings is 1. The molecular weight excluding hydrogens is 374 g/mol. The van der Waals surface area contributed by atoms with E-state index in [1.165, 1.54) is 0 Å². The second-order valence-corrected chi connectivity index (χ2v) is 7.38. The summed E-state index contributed by atoms with van der Waals surface area (Å²) in [6.45, 7) is 5.40. The van der Waals surface area contributed by atoms with E-state index in [-0.39, 0.29) is 0 Å². The molecule has 148 valence electrons. The van der Waals surface area contributed by atoms with Gasteiger partial charge in [-0.15, -0.1) is 11.3 Å². The van der Waals surface area contributed by atoms with Crippen LogP contribution in [-0.2, 0) is 13.1 Å². The standard InChI is InChI=1S/C19H25N7OS/c1-12(2)15-11-28-17(23-15)10-22-19(20-3)21-9-16-24-18(26-25-16)13-5-7-14(27-4)8-6-13/h5-8,11-12H,9-10H2,1-4H3,(H2,20,21,22)(H,24,25,26). The minimum Gasteiger partial charge on any atom is -0.497 e. The predicted octanol–water partition coefficient (Wildman–Crippen LogP) is 2.93. The molecule has 0 aliphatic heterocycles. The van der Waals surface area contributed by atoms with Crippen LogP contribution in [0.2, 0.25) is 0 Å². The Labute approximate surface area is 168 Å². The van der Waals surface area contributed by atoms with Crippen molar-refractivity contribution in [1.82, 2.24) is 30.8 Å². The number of H-pyrrole nitrogens is 1. The molecule has 0 saturated heterocycles. The highest BCUT2D eigenvalue weighted by atomic mass is 32.1. The average molecular weight is 400 g/mol. The maximum Gasteiger partial charge on any atom is 0.191 e. The van der Waals surface area contributed by atoms with Crippen LogP contribution in [0.25, 0.3) is 11.4 Å². The van der Waals surface area contributed by atoms with E-state index in [1.54, 1.807) is 25.5 Å². The maximum atomic E-state index is 5.17. The Morgan fingerprint density at radius 1 is 1.18 bits per heavy atom. The van der Waals surface area contributed by atoms with Crippen LogP contribution in [0.1, 0.15) is 36.3 Å². The lowest BCUT2D eigenvalue weighted by molar-refractivity contribution is 0.415. The number of aromatic nitrogens is 4. The van der Waals surface area contributed by atoms with Crippen LogP contribution in [0.4, 0.5) is 0 Å². The molecule has 1 aromatic carbocycles. The van der Waals surface area contributed by atoms with Gasteiger partial charge in [0.2, 0.25) is 0 Å². The number of hydrogen-bond acceptors (Lipinski definition) is 6. The largest absolute Gasteiger partial charge is 0.497 e. The summed E-state index contributed by atoms with van der Waals surface area (Å²) in [5.41, 5.74) is 2.05. The topological polar surface area (TPSA) is 100 Å². The number of rotatable bonds is 7. The maximum absolute atomic E-state index is 5.17. The van der Waals surface area contributed by atoms with Gasteiger partial charge in [-0.05, 0) is 30.2 Å². The van der Waals surface area contributed by atoms with Crippen LogP contribution in [0.3, 0.4) is 0 Å². The molecule has 0 aliphatic carbocycles. The molecule has 3 aromatic rings. The van der Waals surface area contributed by atoms with E-state index in [2.05, 4.69) is 55.0 Å². The molecule has 0 amide bonds. The zero-order valence-electron chi connectivity index (χ0n) is 16.5. The highest BCUT2D eigenvalue weighted by Crippen LogP contribution is 2.19. The van der Waals surface area contributed by atoms with Crippen LogP contribution in [0, 0.1) is 0 Å². The molecule has 2 aromatic heterocycles. The third kappa shape index (κ3) is 5.07. The summed E-state index contributed by atoms with van der Waals surface area (Å²) in [6.07, 6.45) is 0. The summed E-state index contributed by atoms with van der Waals surface area (Å²) in [5, 5.41) is 16.9. The van der Waals surface area contributed by atoms with Gasteiger partial charge in [0, 0.05) is 18.0 Å².